The topological polar surface area (TPSA) is 70.2 Å². The number of fused-ring (bicyclic) bond motifs is 2. The lowest BCUT2D eigenvalue weighted by Gasteiger charge is -2.29. The Kier molecular flexibility index (Phi) is 5.47. The van der Waals surface area contributed by atoms with Gasteiger partial charge in [-0.1, -0.05) is 41.9 Å². The minimum absolute atomic E-state index is 0.0476. The number of hydrogen-bond acceptors (Lipinski definition) is 4. The largest absolute Gasteiger partial charge is 0.479 e. The molecule has 2 aromatic carbocycles. The third kappa shape index (κ3) is 3.93. The molecule has 1 atom stereocenters. The van der Waals surface area contributed by atoms with Crippen LogP contribution in [-0.4, -0.2) is 53.1 Å². The number of nitrogens with zero attached hydrogens (tertiary/aromatic N) is 2. The van der Waals surface area contributed by atoms with Gasteiger partial charge in [-0.15, -0.1) is 0 Å². The fourth-order valence-electron chi connectivity index (χ4n) is 4.98. The molecule has 0 bridgehead atoms. The van der Waals surface area contributed by atoms with Gasteiger partial charge in [-0.25, -0.2) is 4.98 Å². The average Bonchev–Trinajstić information content (AvgIpc) is 3.48. The van der Waals surface area contributed by atoms with Crippen LogP contribution in [0.1, 0.15) is 16.8 Å². The smallest absolute Gasteiger partial charge is 0.264 e. The van der Waals surface area contributed by atoms with Crippen LogP contribution in [0.25, 0.3) is 22.2 Å². The molecule has 0 radical (unpaired) electrons. The molecule has 2 aliphatic heterocycles. The van der Waals surface area contributed by atoms with Crippen molar-refractivity contribution in [1.82, 2.24) is 20.2 Å². The molecule has 0 spiro atoms. The molecule has 0 aliphatic carbocycles. The molecular weight excluding hydrogens is 448 g/mol. The van der Waals surface area contributed by atoms with Crippen LogP contribution < -0.4 is 10.1 Å². The van der Waals surface area contributed by atoms with Gasteiger partial charge in [0.2, 0.25) is 0 Å². The highest BCUT2D eigenvalue weighted by molar-refractivity contribution is 6.31. The maximum Gasteiger partial charge on any atom is 0.264 e. The summed E-state index contributed by atoms with van der Waals surface area (Å²) < 4.78 is 6.31. The number of halogens is 1. The molecule has 1 fully saturated rings. The van der Waals surface area contributed by atoms with Gasteiger partial charge in [0.05, 0.1) is 0 Å². The van der Waals surface area contributed by atoms with E-state index in [0.717, 1.165) is 58.7 Å². The van der Waals surface area contributed by atoms with Crippen LogP contribution in [0.4, 0.5) is 0 Å². The van der Waals surface area contributed by atoms with Crippen LogP contribution in [0, 0.1) is 0 Å². The number of nitrogens with one attached hydrogen (secondary N) is 2. The van der Waals surface area contributed by atoms with Gasteiger partial charge in [-0.3, -0.25) is 4.79 Å². The number of carbonyl (C=O) groups is 1. The lowest BCUT2D eigenvalue weighted by molar-refractivity contribution is -0.138. The zero-order chi connectivity index (χ0) is 23.1. The summed E-state index contributed by atoms with van der Waals surface area (Å²) in [6.45, 7) is 3.05. The maximum absolute atomic E-state index is 13.1. The molecule has 34 heavy (non-hydrogen) atoms. The molecule has 1 amide bonds. The van der Waals surface area contributed by atoms with Crippen LogP contribution in [0.3, 0.4) is 0 Å². The van der Waals surface area contributed by atoms with E-state index in [1.165, 1.54) is 5.56 Å². The monoisotopic (exact) mass is 472 g/mol. The van der Waals surface area contributed by atoms with Gasteiger partial charge in [0.25, 0.3) is 5.91 Å². The van der Waals surface area contributed by atoms with E-state index in [4.69, 9.17) is 16.3 Å². The SMILES string of the molecule is O=C([C@@H]1Cc2cc(Cl)cc(-c3ccnc4[nH]c(Cc5ccccc5)cc34)c2O1)N1CCNCC1. The van der Waals surface area contributed by atoms with Crippen LogP contribution in [0.2, 0.25) is 5.02 Å². The Bertz CT molecular complexity index is 1360. The van der Waals surface area contributed by atoms with E-state index in [0.29, 0.717) is 24.5 Å². The molecular formula is C27H25ClN4O2. The molecule has 6 rings (SSSR count). The minimum atomic E-state index is -0.512. The molecule has 2 aliphatic rings. The average molecular weight is 473 g/mol. The third-order valence-corrected chi connectivity index (χ3v) is 6.83. The van der Waals surface area contributed by atoms with Crippen LogP contribution in [-0.2, 0) is 17.6 Å². The third-order valence-electron chi connectivity index (χ3n) is 6.62. The van der Waals surface area contributed by atoms with Crippen LogP contribution in [0.15, 0.2) is 60.8 Å². The van der Waals surface area contributed by atoms with Crippen molar-refractivity contribution in [1.29, 1.82) is 0 Å². The van der Waals surface area contributed by atoms with Gasteiger partial charge in [0.1, 0.15) is 11.4 Å². The summed E-state index contributed by atoms with van der Waals surface area (Å²) in [6, 6.07) is 18.3. The number of piperazine rings is 1. The molecule has 6 nitrogen and oxygen atoms in total. The first-order valence-electron chi connectivity index (χ1n) is 11.7. The van der Waals surface area contributed by atoms with Crippen molar-refractivity contribution in [3.63, 3.8) is 0 Å². The van der Waals surface area contributed by atoms with Crippen molar-refractivity contribution in [2.45, 2.75) is 18.9 Å². The van der Waals surface area contributed by atoms with Gasteiger partial charge in [-0.2, -0.15) is 0 Å². The highest BCUT2D eigenvalue weighted by Gasteiger charge is 2.35. The molecule has 0 saturated carbocycles. The Labute approximate surface area is 202 Å². The molecule has 0 unspecified atom stereocenters. The van der Waals surface area contributed by atoms with Gasteiger partial charge in [0.15, 0.2) is 6.10 Å². The Hall–Kier alpha value is -3.35. The zero-order valence-corrected chi connectivity index (χ0v) is 19.4. The Balaban J connectivity index is 1.35. The van der Waals surface area contributed by atoms with Gasteiger partial charge >= 0.3 is 0 Å². The molecule has 2 N–H and O–H groups in total. The second-order valence-electron chi connectivity index (χ2n) is 8.91. The van der Waals surface area contributed by atoms with E-state index in [2.05, 4.69) is 33.5 Å². The first-order valence-corrected chi connectivity index (χ1v) is 12.0. The van der Waals surface area contributed by atoms with Crippen molar-refractivity contribution >= 4 is 28.5 Å². The van der Waals surface area contributed by atoms with Crippen molar-refractivity contribution in [3.8, 4) is 16.9 Å². The molecule has 7 heteroatoms. The summed E-state index contributed by atoms with van der Waals surface area (Å²) in [7, 11) is 0. The zero-order valence-electron chi connectivity index (χ0n) is 18.7. The highest BCUT2D eigenvalue weighted by Crippen LogP contribution is 2.43. The second-order valence-corrected chi connectivity index (χ2v) is 9.34. The maximum atomic E-state index is 13.1. The predicted molar refractivity (Wildman–Crippen MR) is 133 cm³/mol. The number of hydrogen-bond donors (Lipinski definition) is 2. The number of rotatable bonds is 4. The summed E-state index contributed by atoms with van der Waals surface area (Å²) in [5, 5.41) is 4.94. The van der Waals surface area contributed by atoms with E-state index in [-0.39, 0.29) is 5.91 Å². The predicted octanol–water partition coefficient (Wildman–Crippen LogP) is 4.21. The number of carbonyl (C=O) groups excluding carboxylic acids is 1. The number of aromatic nitrogens is 2. The van der Waals surface area contributed by atoms with E-state index in [1.54, 1.807) is 6.20 Å². The van der Waals surface area contributed by atoms with Crippen molar-refractivity contribution in [2.75, 3.05) is 26.2 Å². The van der Waals surface area contributed by atoms with Gasteiger partial charge < -0.3 is 19.9 Å². The van der Waals surface area contributed by atoms with Crippen molar-refractivity contribution < 1.29 is 9.53 Å². The minimum Gasteiger partial charge on any atom is -0.479 e. The van der Waals surface area contributed by atoms with Crippen molar-refractivity contribution in [2.24, 2.45) is 0 Å². The Morgan fingerprint density at radius 1 is 1.09 bits per heavy atom. The fraction of sp³-hybridized carbons (Fsp3) is 0.259. The number of aromatic amines is 1. The van der Waals surface area contributed by atoms with Gasteiger partial charge in [0, 0.05) is 72.4 Å². The van der Waals surface area contributed by atoms with E-state index in [1.807, 2.05) is 41.3 Å². The fourth-order valence-corrected chi connectivity index (χ4v) is 5.22. The standard InChI is InChI=1S/C27H25ClN4O2/c28-19-13-18-14-24(27(33)32-10-8-29-9-11-32)34-25(18)22(15-19)21-6-7-30-26-23(21)16-20(31-26)12-17-4-2-1-3-5-17/h1-7,13,15-16,24,29H,8-12,14H2,(H,30,31)/t24-/m0/s1. The molecule has 1 saturated heterocycles. The lowest BCUT2D eigenvalue weighted by Crippen LogP contribution is -2.50. The first kappa shape index (κ1) is 21.2. The highest BCUT2D eigenvalue weighted by atomic mass is 35.5. The number of amides is 1. The second kappa shape index (κ2) is 8.78. The Morgan fingerprint density at radius 3 is 2.74 bits per heavy atom. The molecule has 2 aromatic heterocycles. The van der Waals surface area contributed by atoms with Crippen LogP contribution in [0.5, 0.6) is 5.75 Å². The number of pyridine rings is 1. The number of ether oxygens (including phenoxy) is 1. The van der Waals surface area contributed by atoms with Gasteiger partial charge in [-0.05, 0) is 35.4 Å². The first-order chi connectivity index (χ1) is 16.7. The lowest BCUT2D eigenvalue weighted by atomic mass is 9.98. The molecule has 172 valence electrons. The molecule has 4 heterocycles. The number of benzene rings is 2. The summed E-state index contributed by atoms with van der Waals surface area (Å²) >= 11 is 6.54. The van der Waals surface area contributed by atoms with Crippen molar-refractivity contribution in [3.05, 3.63) is 82.6 Å². The summed E-state index contributed by atoms with van der Waals surface area (Å²) in [5.74, 6) is 0.794. The van der Waals surface area contributed by atoms with E-state index >= 15 is 0 Å². The summed E-state index contributed by atoms with van der Waals surface area (Å²) in [6.07, 6.45) is 2.61. The van der Waals surface area contributed by atoms with Crippen LogP contribution >= 0.6 is 11.6 Å². The van der Waals surface area contributed by atoms with E-state index < -0.39 is 6.10 Å². The Morgan fingerprint density at radius 2 is 1.91 bits per heavy atom. The summed E-state index contributed by atoms with van der Waals surface area (Å²) in [4.78, 5) is 23.0. The summed E-state index contributed by atoms with van der Waals surface area (Å²) in [5.41, 5.74) is 6.01. The number of H-pyrrole nitrogens is 1. The normalized spacial score (nSPS) is 17.6. The quantitative estimate of drug-likeness (QED) is 0.467. The molecule has 4 aromatic rings. The van der Waals surface area contributed by atoms with E-state index in [9.17, 15) is 4.79 Å².